The third kappa shape index (κ3) is 8.17. The van der Waals surface area contributed by atoms with Gasteiger partial charge in [0.25, 0.3) is 0 Å². The minimum absolute atomic E-state index is 0.0467. The first-order chi connectivity index (χ1) is 14.7. The van der Waals surface area contributed by atoms with Crippen molar-refractivity contribution in [3.63, 3.8) is 0 Å². The maximum Gasteiger partial charge on any atom is 0.224 e. The molecule has 0 aromatic rings. The summed E-state index contributed by atoms with van der Waals surface area (Å²) in [6.07, 6.45) is 4.46. The number of amides is 1. The molecule has 176 valence electrons. The lowest BCUT2D eigenvalue weighted by Gasteiger charge is -2.38. The molecular weight excluding hydrogens is 404 g/mol. The highest BCUT2D eigenvalue weighted by atomic mass is 16.3. The van der Waals surface area contributed by atoms with Crippen LogP contribution in [0.1, 0.15) is 38.5 Å². The number of carbonyl (C=O) groups is 3. The van der Waals surface area contributed by atoms with E-state index in [0.29, 0.717) is 31.3 Å². The lowest BCUT2D eigenvalue weighted by atomic mass is 9.72. The smallest absolute Gasteiger partial charge is 0.224 e. The molecule has 1 aliphatic carbocycles. The Kier molecular flexibility index (Phi) is 11.6. The van der Waals surface area contributed by atoms with Crippen molar-refractivity contribution in [3.8, 4) is 0 Å². The Hall–Kier alpha value is -2.07. The quantitative estimate of drug-likeness (QED) is 0.153. The zero-order valence-corrected chi connectivity index (χ0v) is 18.4. The topological polar surface area (TPSA) is 161 Å². The Bertz CT molecular complexity index is 687. The Morgan fingerprint density at radius 2 is 1.90 bits per heavy atom. The highest BCUT2D eigenvalue weighted by molar-refractivity contribution is 5.98. The fourth-order valence-electron chi connectivity index (χ4n) is 4.25. The van der Waals surface area contributed by atoms with Gasteiger partial charge in [0.15, 0.2) is 5.78 Å². The van der Waals surface area contributed by atoms with Gasteiger partial charge in [0.05, 0.1) is 19.6 Å². The van der Waals surface area contributed by atoms with Crippen LogP contribution in [0.25, 0.3) is 0 Å². The van der Waals surface area contributed by atoms with Gasteiger partial charge in [-0.05, 0) is 57.7 Å². The van der Waals surface area contributed by atoms with Crippen LogP contribution in [-0.4, -0.2) is 82.8 Å². The van der Waals surface area contributed by atoms with Crippen molar-refractivity contribution in [2.45, 2.75) is 44.6 Å². The highest BCUT2D eigenvalue weighted by Crippen LogP contribution is 2.36. The van der Waals surface area contributed by atoms with Crippen LogP contribution >= 0.6 is 0 Å². The largest absolute Gasteiger partial charge is 0.508 e. The average Bonchev–Trinajstić information content (AvgIpc) is 2.68. The molecule has 0 saturated heterocycles. The summed E-state index contributed by atoms with van der Waals surface area (Å²) in [4.78, 5) is 38.1. The van der Waals surface area contributed by atoms with E-state index >= 15 is 0 Å². The molecule has 1 rings (SSSR count). The van der Waals surface area contributed by atoms with Crippen molar-refractivity contribution in [1.82, 2.24) is 4.90 Å². The molecule has 1 fully saturated rings. The molecule has 4 atom stereocenters. The van der Waals surface area contributed by atoms with Crippen LogP contribution in [0.2, 0.25) is 0 Å². The van der Waals surface area contributed by atoms with Gasteiger partial charge in [-0.1, -0.05) is 6.08 Å². The summed E-state index contributed by atoms with van der Waals surface area (Å²) in [7, 11) is 3.51. The third-order valence-corrected chi connectivity index (χ3v) is 5.92. The predicted octanol–water partition coefficient (Wildman–Crippen LogP) is 0.0881. The number of carbonyl (C=O) groups excluding carboxylic acids is 3. The fourth-order valence-corrected chi connectivity index (χ4v) is 4.25. The number of aliphatic hydroxyl groups is 4. The van der Waals surface area contributed by atoms with Gasteiger partial charge in [0, 0.05) is 30.6 Å². The van der Waals surface area contributed by atoms with Crippen LogP contribution in [-0.2, 0) is 14.4 Å². The standard InChI is InChI=1S/C22H36N2O7/c1-24(2)18(13-27)16(17(12-26)21(30)11-22(23)31)9-14-6-7-15(20(29)10-14)19(28)5-3-4-8-25/h3,5,14,16-18,25-28H,4,6-13H2,1-2H3,(H2,23,31)/b5-3-,19-15-/t14-,16+,17?,18+/m0/s1. The fraction of sp³-hybridized carbons (Fsp3) is 0.682. The van der Waals surface area contributed by atoms with E-state index in [1.165, 1.54) is 6.08 Å². The molecule has 9 heteroatoms. The minimum atomic E-state index is -0.881. The number of nitrogens with two attached hydrogens (primary N) is 1. The van der Waals surface area contributed by atoms with Gasteiger partial charge in [-0.2, -0.15) is 0 Å². The summed E-state index contributed by atoms with van der Waals surface area (Å²) in [5.74, 6) is -2.99. The second kappa shape index (κ2) is 13.4. The summed E-state index contributed by atoms with van der Waals surface area (Å²) in [6, 6.07) is -0.448. The molecule has 0 aliphatic heterocycles. The number of primary amides is 1. The van der Waals surface area contributed by atoms with Gasteiger partial charge in [0.2, 0.25) is 5.91 Å². The Labute approximate surface area is 183 Å². The van der Waals surface area contributed by atoms with Gasteiger partial charge in [0.1, 0.15) is 11.5 Å². The van der Waals surface area contributed by atoms with Crippen molar-refractivity contribution in [3.05, 3.63) is 23.5 Å². The second-order valence-electron chi connectivity index (χ2n) is 8.32. The number of nitrogens with zero attached hydrogens (tertiary/aromatic N) is 1. The van der Waals surface area contributed by atoms with Crippen LogP contribution in [0.4, 0.5) is 0 Å². The summed E-state index contributed by atoms with van der Waals surface area (Å²) < 4.78 is 0. The number of Topliss-reactive ketones (excluding diaryl/α,β-unsaturated/α-hetero) is 2. The van der Waals surface area contributed by atoms with Crippen LogP contribution in [0.3, 0.4) is 0 Å². The van der Waals surface area contributed by atoms with Gasteiger partial charge in [-0.25, -0.2) is 0 Å². The first-order valence-corrected chi connectivity index (χ1v) is 10.6. The Morgan fingerprint density at radius 3 is 2.39 bits per heavy atom. The summed E-state index contributed by atoms with van der Waals surface area (Å²) in [5.41, 5.74) is 5.49. The Morgan fingerprint density at radius 1 is 1.23 bits per heavy atom. The van der Waals surface area contributed by atoms with Crippen molar-refractivity contribution in [2.75, 3.05) is 33.9 Å². The molecule has 1 saturated carbocycles. The van der Waals surface area contributed by atoms with Gasteiger partial charge >= 0.3 is 0 Å². The first kappa shape index (κ1) is 27.0. The number of ketones is 2. The van der Waals surface area contributed by atoms with Crippen molar-refractivity contribution in [1.29, 1.82) is 0 Å². The molecule has 6 N–H and O–H groups in total. The summed E-state index contributed by atoms with van der Waals surface area (Å²) in [5, 5.41) is 38.8. The number of hydrogen-bond donors (Lipinski definition) is 5. The lowest BCUT2D eigenvalue weighted by Crippen LogP contribution is -2.46. The van der Waals surface area contributed by atoms with E-state index in [1.807, 2.05) is 0 Å². The molecule has 0 radical (unpaired) electrons. The average molecular weight is 441 g/mol. The summed E-state index contributed by atoms with van der Waals surface area (Å²) >= 11 is 0. The summed E-state index contributed by atoms with van der Waals surface area (Å²) in [6.45, 7) is -0.779. The monoisotopic (exact) mass is 440 g/mol. The van der Waals surface area contributed by atoms with Crippen molar-refractivity contribution in [2.24, 2.45) is 23.5 Å². The number of rotatable bonds is 13. The van der Waals surface area contributed by atoms with Crippen molar-refractivity contribution < 1.29 is 34.8 Å². The lowest BCUT2D eigenvalue weighted by molar-refractivity contribution is -0.132. The van der Waals surface area contributed by atoms with E-state index in [4.69, 9.17) is 10.8 Å². The molecule has 1 aliphatic rings. The maximum absolute atomic E-state index is 12.6. The third-order valence-electron chi connectivity index (χ3n) is 5.92. The number of allylic oxidation sites excluding steroid dienone is 2. The number of aliphatic hydroxyl groups excluding tert-OH is 4. The van der Waals surface area contributed by atoms with Gasteiger partial charge < -0.3 is 31.1 Å². The molecule has 9 nitrogen and oxygen atoms in total. The van der Waals surface area contributed by atoms with E-state index in [-0.39, 0.29) is 37.1 Å². The van der Waals surface area contributed by atoms with Gasteiger partial charge in [-0.3, -0.25) is 14.4 Å². The van der Waals surface area contributed by atoms with Crippen molar-refractivity contribution >= 4 is 17.5 Å². The zero-order chi connectivity index (χ0) is 23.6. The zero-order valence-electron chi connectivity index (χ0n) is 18.4. The molecule has 0 heterocycles. The molecule has 0 aromatic carbocycles. The number of likely N-dealkylation sites (N-methyl/N-ethyl adjacent to an activating group) is 1. The Balaban J connectivity index is 3.03. The molecule has 0 aromatic heterocycles. The molecule has 1 amide bonds. The number of hydrogen-bond acceptors (Lipinski definition) is 8. The second-order valence-corrected chi connectivity index (χ2v) is 8.32. The van der Waals surface area contributed by atoms with E-state index in [1.54, 1.807) is 25.1 Å². The van der Waals surface area contributed by atoms with Gasteiger partial charge in [-0.15, -0.1) is 0 Å². The van der Waals surface area contributed by atoms with E-state index in [0.717, 1.165) is 0 Å². The highest BCUT2D eigenvalue weighted by Gasteiger charge is 2.38. The normalized spacial score (nSPS) is 21.9. The molecule has 1 unspecified atom stereocenters. The molecule has 31 heavy (non-hydrogen) atoms. The van der Waals surface area contributed by atoms with E-state index in [2.05, 4.69) is 0 Å². The molecular formula is C22H36N2O7. The maximum atomic E-state index is 12.6. The van der Waals surface area contributed by atoms with Crippen LogP contribution in [0.15, 0.2) is 23.5 Å². The molecule has 0 bridgehead atoms. The first-order valence-electron chi connectivity index (χ1n) is 10.6. The van der Waals surface area contributed by atoms with Crippen LogP contribution < -0.4 is 5.73 Å². The van der Waals surface area contributed by atoms with Crippen LogP contribution in [0, 0.1) is 17.8 Å². The van der Waals surface area contributed by atoms with E-state index < -0.39 is 42.6 Å². The van der Waals surface area contributed by atoms with E-state index in [9.17, 15) is 29.7 Å². The minimum Gasteiger partial charge on any atom is -0.508 e. The van der Waals surface area contributed by atoms with Crippen LogP contribution in [0.5, 0.6) is 0 Å². The predicted molar refractivity (Wildman–Crippen MR) is 115 cm³/mol. The SMILES string of the molecule is CN(C)[C@H](CO)[C@H](C[C@@H]1CC/C(=C(O)\C=C/CCO)C(=O)C1)C(CO)C(=O)CC(N)=O. The molecule has 0 spiro atoms.